The van der Waals surface area contributed by atoms with Crippen LogP contribution in [0.15, 0.2) is 18.3 Å². The summed E-state index contributed by atoms with van der Waals surface area (Å²) in [7, 11) is 0. The van der Waals surface area contributed by atoms with Gasteiger partial charge in [-0.3, -0.25) is 0 Å². The second kappa shape index (κ2) is 7.54. The summed E-state index contributed by atoms with van der Waals surface area (Å²) in [6.07, 6.45) is 1.50. The predicted octanol–water partition coefficient (Wildman–Crippen LogP) is 3.71. The topological polar surface area (TPSA) is 51.8 Å². The molecule has 0 atom stereocenters. The maximum absolute atomic E-state index is 13.4. The number of nitrogens with two attached hydrogens (primary N) is 1. The summed E-state index contributed by atoms with van der Waals surface area (Å²) in [5.41, 5.74) is 6.34. The second-order valence-electron chi connectivity index (χ2n) is 2.94. The lowest BCUT2D eigenvalue weighted by atomic mass is 10.1. The molecule has 1 aromatic carbocycles. The van der Waals surface area contributed by atoms with Gasteiger partial charge in [-0.05, 0) is 24.6 Å². The molecule has 0 aliphatic rings. The van der Waals surface area contributed by atoms with Gasteiger partial charge in [-0.2, -0.15) is 5.10 Å². The van der Waals surface area contributed by atoms with Crippen LogP contribution in [0.3, 0.4) is 0 Å². The average molecular weight is 237 g/mol. The SMILES string of the molecule is CC.CC.Cc1cc(F)c2c(N)nncc2c1. The molecule has 0 fully saturated rings. The van der Waals surface area contributed by atoms with Gasteiger partial charge in [0.15, 0.2) is 5.82 Å². The highest BCUT2D eigenvalue weighted by Gasteiger charge is 2.06. The molecular weight excluding hydrogens is 217 g/mol. The number of halogens is 1. The van der Waals surface area contributed by atoms with Crippen LogP contribution in [0.2, 0.25) is 0 Å². The number of fused-ring (bicyclic) bond motifs is 1. The van der Waals surface area contributed by atoms with Gasteiger partial charge in [0.2, 0.25) is 0 Å². The minimum atomic E-state index is -0.345. The van der Waals surface area contributed by atoms with Crippen LogP contribution in [-0.4, -0.2) is 10.2 Å². The Bertz CT molecular complexity index is 469. The normalized spacial score (nSPS) is 8.82. The fourth-order valence-electron chi connectivity index (χ4n) is 1.34. The van der Waals surface area contributed by atoms with Crippen LogP contribution in [0, 0.1) is 12.7 Å². The Morgan fingerprint density at radius 2 is 1.71 bits per heavy atom. The lowest BCUT2D eigenvalue weighted by molar-refractivity contribution is 0.638. The third-order valence-electron chi connectivity index (χ3n) is 1.88. The van der Waals surface area contributed by atoms with Gasteiger partial charge in [-0.1, -0.05) is 27.7 Å². The zero-order chi connectivity index (χ0) is 13.4. The first-order valence-electron chi connectivity index (χ1n) is 5.85. The molecule has 0 amide bonds. The number of aromatic nitrogens is 2. The van der Waals surface area contributed by atoms with Crippen molar-refractivity contribution in [2.45, 2.75) is 34.6 Å². The summed E-state index contributed by atoms with van der Waals surface area (Å²) in [5.74, 6) is -0.211. The molecule has 0 aliphatic heterocycles. The molecule has 1 aromatic heterocycles. The van der Waals surface area contributed by atoms with Crippen molar-refractivity contribution in [1.82, 2.24) is 10.2 Å². The first-order valence-corrected chi connectivity index (χ1v) is 5.85. The van der Waals surface area contributed by atoms with Crippen molar-refractivity contribution in [2.75, 3.05) is 5.73 Å². The minimum Gasteiger partial charge on any atom is -0.382 e. The van der Waals surface area contributed by atoms with E-state index in [-0.39, 0.29) is 11.6 Å². The van der Waals surface area contributed by atoms with E-state index in [1.807, 2.05) is 40.7 Å². The van der Waals surface area contributed by atoms with Crippen LogP contribution in [0.25, 0.3) is 10.8 Å². The van der Waals surface area contributed by atoms with Crippen LogP contribution in [0.1, 0.15) is 33.3 Å². The van der Waals surface area contributed by atoms with Gasteiger partial charge in [0.25, 0.3) is 0 Å². The van der Waals surface area contributed by atoms with E-state index in [1.165, 1.54) is 12.3 Å². The van der Waals surface area contributed by atoms with Crippen molar-refractivity contribution >= 4 is 16.6 Å². The molecule has 0 radical (unpaired) electrons. The molecule has 2 rings (SSSR count). The fourth-order valence-corrected chi connectivity index (χ4v) is 1.34. The second-order valence-corrected chi connectivity index (χ2v) is 2.94. The maximum Gasteiger partial charge on any atom is 0.156 e. The molecule has 0 saturated carbocycles. The largest absolute Gasteiger partial charge is 0.382 e. The van der Waals surface area contributed by atoms with E-state index in [9.17, 15) is 4.39 Å². The van der Waals surface area contributed by atoms with Gasteiger partial charge >= 0.3 is 0 Å². The maximum atomic E-state index is 13.4. The Kier molecular flexibility index (Phi) is 6.79. The number of anilines is 1. The molecular formula is C13H20FN3. The van der Waals surface area contributed by atoms with Crippen molar-refractivity contribution in [3.63, 3.8) is 0 Å². The van der Waals surface area contributed by atoms with Gasteiger partial charge in [0.1, 0.15) is 5.82 Å². The summed E-state index contributed by atoms with van der Waals surface area (Å²) < 4.78 is 13.4. The van der Waals surface area contributed by atoms with Gasteiger partial charge < -0.3 is 5.73 Å². The molecule has 0 spiro atoms. The monoisotopic (exact) mass is 237 g/mol. The van der Waals surface area contributed by atoms with E-state index >= 15 is 0 Å². The molecule has 3 nitrogen and oxygen atoms in total. The molecule has 17 heavy (non-hydrogen) atoms. The molecule has 0 saturated heterocycles. The van der Waals surface area contributed by atoms with Crippen molar-refractivity contribution in [1.29, 1.82) is 0 Å². The summed E-state index contributed by atoms with van der Waals surface area (Å²) in [4.78, 5) is 0. The Balaban J connectivity index is 0.000000581. The highest BCUT2D eigenvalue weighted by Crippen LogP contribution is 2.22. The van der Waals surface area contributed by atoms with Crippen LogP contribution >= 0.6 is 0 Å². The zero-order valence-electron chi connectivity index (χ0n) is 11.1. The predicted molar refractivity (Wildman–Crippen MR) is 71.3 cm³/mol. The first kappa shape index (κ1) is 15.3. The van der Waals surface area contributed by atoms with E-state index in [4.69, 9.17) is 5.73 Å². The lowest BCUT2D eigenvalue weighted by Crippen LogP contribution is -1.96. The van der Waals surface area contributed by atoms with Crippen molar-refractivity contribution in [3.05, 3.63) is 29.7 Å². The Morgan fingerprint density at radius 3 is 2.29 bits per heavy atom. The van der Waals surface area contributed by atoms with Crippen molar-refractivity contribution in [2.24, 2.45) is 0 Å². The van der Waals surface area contributed by atoms with Crippen molar-refractivity contribution in [3.8, 4) is 0 Å². The molecule has 2 aromatic rings. The van der Waals surface area contributed by atoms with E-state index < -0.39 is 0 Å². The summed E-state index contributed by atoms with van der Waals surface area (Å²) in [6, 6.07) is 3.25. The Labute approximate surface area is 102 Å². The van der Waals surface area contributed by atoms with Gasteiger partial charge in [0, 0.05) is 5.39 Å². The quantitative estimate of drug-likeness (QED) is 0.759. The smallest absolute Gasteiger partial charge is 0.156 e. The number of nitrogens with zero attached hydrogens (tertiary/aromatic N) is 2. The Hall–Kier alpha value is -1.71. The number of hydrogen-bond acceptors (Lipinski definition) is 3. The van der Waals surface area contributed by atoms with E-state index in [0.717, 1.165) is 5.56 Å². The number of aryl methyl sites for hydroxylation is 1. The number of hydrogen-bond donors (Lipinski definition) is 1. The first-order chi connectivity index (χ1) is 8.18. The molecule has 0 bridgehead atoms. The summed E-state index contributed by atoms with van der Waals surface area (Å²) >= 11 is 0. The third kappa shape index (κ3) is 3.66. The number of benzene rings is 1. The zero-order valence-corrected chi connectivity index (χ0v) is 11.1. The molecule has 1 heterocycles. The molecule has 0 unspecified atom stereocenters. The lowest BCUT2D eigenvalue weighted by Gasteiger charge is -2.02. The molecule has 2 N–H and O–H groups in total. The molecule has 4 heteroatoms. The fraction of sp³-hybridized carbons (Fsp3) is 0.385. The van der Waals surface area contributed by atoms with Crippen LogP contribution in [0.5, 0.6) is 0 Å². The average Bonchev–Trinajstić information content (AvgIpc) is 2.33. The Morgan fingerprint density at radius 1 is 1.12 bits per heavy atom. The minimum absolute atomic E-state index is 0.134. The van der Waals surface area contributed by atoms with Gasteiger partial charge in [-0.25, -0.2) is 4.39 Å². The highest BCUT2D eigenvalue weighted by atomic mass is 19.1. The van der Waals surface area contributed by atoms with Gasteiger partial charge in [0.05, 0.1) is 11.6 Å². The molecule has 0 aliphatic carbocycles. The number of nitrogen functional groups attached to an aromatic ring is 1. The van der Waals surface area contributed by atoms with E-state index in [0.29, 0.717) is 10.8 Å². The molecule has 94 valence electrons. The van der Waals surface area contributed by atoms with Gasteiger partial charge in [-0.15, -0.1) is 5.10 Å². The summed E-state index contributed by atoms with van der Waals surface area (Å²) in [5, 5.41) is 8.27. The third-order valence-corrected chi connectivity index (χ3v) is 1.88. The van der Waals surface area contributed by atoms with E-state index in [2.05, 4.69) is 10.2 Å². The summed E-state index contributed by atoms with van der Waals surface area (Å²) in [6.45, 7) is 9.82. The number of rotatable bonds is 0. The van der Waals surface area contributed by atoms with Crippen LogP contribution in [-0.2, 0) is 0 Å². The van der Waals surface area contributed by atoms with E-state index in [1.54, 1.807) is 0 Å². The standard InChI is InChI=1S/C9H8FN3.2C2H6/c1-5-2-6-4-12-13-9(11)8(6)7(10)3-5;2*1-2/h2-4H,1H3,(H2,11,13);2*1-2H3. The van der Waals surface area contributed by atoms with Crippen LogP contribution < -0.4 is 5.73 Å². The van der Waals surface area contributed by atoms with Crippen LogP contribution in [0.4, 0.5) is 10.2 Å². The highest BCUT2D eigenvalue weighted by molar-refractivity contribution is 5.90. The van der Waals surface area contributed by atoms with Crippen molar-refractivity contribution < 1.29 is 4.39 Å².